The van der Waals surface area contributed by atoms with Gasteiger partial charge >= 0.3 is 0 Å². The van der Waals surface area contributed by atoms with Crippen LogP contribution in [0.15, 0.2) is 17.6 Å². The lowest BCUT2D eigenvalue weighted by Gasteiger charge is -2.06. The highest BCUT2D eigenvalue weighted by atomic mass is 35.5. The molecule has 2 rings (SSSR count). The number of halogens is 1. The Bertz CT molecular complexity index is 568. The Morgan fingerprint density at radius 3 is 2.71 bits per heavy atom. The molecule has 2 aromatic rings. The predicted octanol–water partition coefficient (Wildman–Crippen LogP) is 3.06. The number of hydrogen-bond donors (Lipinski definition) is 1. The van der Waals surface area contributed by atoms with Crippen molar-refractivity contribution in [1.29, 1.82) is 0 Å². The summed E-state index contributed by atoms with van der Waals surface area (Å²) < 4.78 is 0. The molecule has 0 fully saturated rings. The summed E-state index contributed by atoms with van der Waals surface area (Å²) in [7, 11) is 0. The third-order valence-corrected chi connectivity index (χ3v) is 3.39. The molecule has 0 bridgehead atoms. The van der Waals surface area contributed by atoms with Crippen LogP contribution in [0.3, 0.4) is 0 Å². The molecule has 2 heterocycles. The van der Waals surface area contributed by atoms with Crippen molar-refractivity contribution in [2.75, 3.05) is 5.32 Å². The van der Waals surface area contributed by atoms with Crippen molar-refractivity contribution in [1.82, 2.24) is 9.97 Å². The fraction of sp³-hybridized carbons (Fsp3) is 0.182. The Hall–Kier alpha value is -1.46. The van der Waals surface area contributed by atoms with E-state index in [9.17, 15) is 4.79 Å². The molecule has 0 saturated heterocycles. The third-order valence-electron chi connectivity index (χ3n) is 2.25. The van der Waals surface area contributed by atoms with Crippen LogP contribution in [0.4, 0.5) is 5.69 Å². The first-order chi connectivity index (χ1) is 8.08. The van der Waals surface area contributed by atoms with Gasteiger partial charge in [0, 0.05) is 0 Å². The van der Waals surface area contributed by atoms with E-state index >= 15 is 0 Å². The van der Waals surface area contributed by atoms with Gasteiger partial charge in [0.2, 0.25) is 0 Å². The summed E-state index contributed by atoms with van der Waals surface area (Å²) in [4.78, 5) is 20.6. The number of hydrogen-bond acceptors (Lipinski definition) is 4. The van der Waals surface area contributed by atoms with Crippen molar-refractivity contribution < 1.29 is 4.79 Å². The molecular formula is C11H10ClN3OS. The fourth-order valence-corrected chi connectivity index (χ4v) is 2.25. The topological polar surface area (TPSA) is 54.9 Å². The van der Waals surface area contributed by atoms with E-state index in [4.69, 9.17) is 11.6 Å². The number of aryl methyl sites for hydroxylation is 2. The lowest BCUT2D eigenvalue weighted by atomic mass is 10.3. The average Bonchev–Trinajstić information content (AvgIpc) is 2.68. The normalized spacial score (nSPS) is 10.3. The summed E-state index contributed by atoms with van der Waals surface area (Å²) in [5.74, 6) is -0.169. The lowest BCUT2D eigenvalue weighted by Crippen LogP contribution is -2.12. The van der Waals surface area contributed by atoms with Gasteiger partial charge in [-0.1, -0.05) is 11.6 Å². The Morgan fingerprint density at radius 2 is 2.12 bits per heavy atom. The van der Waals surface area contributed by atoms with Crippen LogP contribution in [-0.2, 0) is 0 Å². The summed E-state index contributed by atoms with van der Waals surface area (Å²) >= 11 is 7.06. The van der Waals surface area contributed by atoms with Crippen molar-refractivity contribution in [3.05, 3.63) is 39.1 Å². The number of thiazole rings is 1. The van der Waals surface area contributed by atoms with Gasteiger partial charge < -0.3 is 5.32 Å². The SMILES string of the molecule is Cc1nc(Cl)ccc1NC(=O)c1scnc1C. The minimum atomic E-state index is -0.169. The second-order valence-corrected chi connectivity index (χ2v) is 4.73. The summed E-state index contributed by atoms with van der Waals surface area (Å²) in [5.41, 5.74) is 3.73. The maximum atomic E-state index is 11.9. The summed E-state index contributed by atoms with van der Waals surface area (Å²) in [6.07, 6.45) is 0. The second kappa shape index (κ2) is 4.81. The quantitative estimate of drug-likeness (QED) is 0.851. The van der Waals surface area contributed by atoms with Crippen LogP contribution in [0.1, 0.15) is 21.1 Å². The van der Waals surface area contributed by atoms with Crippen LogP contribution in [0.2, 0.25) is 5.15 Å². The molecule has 0 saturated carbocycles. The van der Waals surface area contributed by atoms with Crippen LogP contribution in [0, 0.1) is 13.8 Å². The van der Waals surface area contributed by atoms with E-state index in [0.29, 0.717) is 21.4 Å². The number of nitrogens with one attached hydrogen (secondary N) is 1. The molecular weight excluding hydrogens is 258 g/mol. The lowest BCUT2D eigenvalue weighted by molar-refractivity contribution is 0.102. The van der Waals surface area contributed by atoms with Crippen LogP contribution in [-0.4, -0.2) is 15.9 Å². The van der Waals surface area contributed by atoms with Crippen LogP contribution in [0.25, 0.3) is 0 Å². The summed E-state index contributed by atoms with van der Waals surface area (Å²) in [5, 5.41) is 3.20. The molecule has 0 aliphatic heterocycles. The van der Waals surface area contributed by atoms with Crippen molar-refractivity contribution in [3.63, 3.8) is 0 Å². The Labute approximate surface area is 108 Å². The van der Waals surface area contributed by atoms with Crippen molar-refractivity contribution in [3.8, 4) is 0 Å². The first-order valence-electron chi connectivity index (χ1n) is 4.92. The minimum Gasteiger partial charge on any atom is -0.320 e. The molecule has 6 heteroatoms. The molecule has 0 aliphatic rings. The van der Waals surface area contributed by atoms with E-state index in [2.05, 4.69) is 15.3 Å². The molecule has 0 aromatic carbocycles. The zero-order valence-electron chi connectivity index (χ0n) is 9.32. The maximum absolute atomic E-state index is 11.9. The molecule has 1 amide bonds. The highest BCUT2D eigenvalue weighted by Crippen LogP contribution is 2.19. The Morgan fingerprint density at radius 1 is 1.35 bits per heavy atom. The second-order valence-electron chi connectivity index (χ2n) is 3.49. The third kappa shape index (κ3) is 2.62. The van der Waals surface area contributed by atoms with Crippen molar-refractivity contribution in [2.45, 2.75) is 13.8 Å². The zero-order valence-corrected chi connectivity index (χ0v) is 10.9. The number of nitrogens with zero attached hydrogens (tertiary/aromatic N) is 2. The molecule has 17 heavy (non-hydrogen) atoms. The molecule has 0 unspecified atom stereocenters. The molecule has 0 radical (unpaired) electrons. The Balaban J connectivity index is 2.22. The number of rotatable bonds is 2. The van der Waals surface area contributed by atoms with Gasteiger partial charge in [0.15, 0.2) is 0 Å². The van der Waals surface area contributed by atoms with E-state index in [-0.39, 0.29) is 5.91 Å². The standard InChI is InChI=1S/C11H10ClN3OS/c1-6-8(3-4-9(12)14-6)15-11(16)10-7(2)13-5-17-10/h3-5H,1-2H3,(H,15,16). The first kappa shape index (κ1) is 12.0. The van der Waals surface area contributed by atoms with E-state index in [1.54, 1.807) is 31.5 Å². The van der Waals surface area contributed by atoms with E-state index in [1.165, 1.54) is 11.3 Å². The van der Waals surface area contributed by atoms with Gasteiger partial charge in [0.25, 0.3) is 5.91 Å². The van der Waals surface area contributed by atoms with Gasteiger partial charge in [0.05, 0.1) is 22.6 Å². The monoisotopic (exact) mass is 267 g/mol. The number of carbonyl (C=O) groups is 1. The smallest absolute Gasteiger partial charge is 0.267 e. The molecule has 0 aliphatic carbocycles. The van der Waals surface area contributed by atoms with Gasteiger partial charge in [-0.3, -0.25) is 4.79 Å². The molecule has 0 spiro atoms. The highest BCUT2D eigenvalue weighted by molar-refractivity contribution is 7.12. The van der Waals surface area contributed by atoms with Crippen LogP contribution in [0.5, 0.6) is 0 Å². The molecule has 88 valence electrons. The summed E-state index contributed by atoms with van der Waals surface area (Å²) in [6, 6.07) is 3.38. The average molecular weight is 268 g/mol. The van der Waals surface area contributed by atoms with E-state index in [0.717, 1.165) is 5.69 Å². The fourth-order valence-electron chi connectivity index (χ4n) is 1.36. The highest BCUT2D eigenvalue weighted by Gasteiger charge is 2.13. The number of pyridine rings is 1. The largest absolute Gasteiger partial charge is 0.320 e. The Kier molecular flexibility index (Phi) is 3.40. The number of amides is 1. The summed E-state index contributed by atoms with van der Waals surface area (Å²) in [6.45, 7) is 3.60. The van der Waals surface area contributed by atoms with Gasteiger partial charge in [-0.2, -0.15) is 0 Å². The molecule has 0 atom stereocenters. The maximum Gasteiger partial charge on any atom is 0.267 e. The number of anilines is 1. The molecule has 4 nitrogen and oxygen atoms in total. The zero-order chi connectivity index (χ0) is 12.4. The van der Waals surface area contributed by atoms with Crippen molar-refractivity contribution >= 4 is 34.5 Å². The minimum absolute atomic E-state index is 0.169. The van der Waals surface area contributed by atoms with Crippen molar-refractivity contribution in [2.24, 2.45) is 0 Å². The van der Waals surface area contributed by atoms with E-state index < -0.39 is 0 Å². The van der Waals surface area contributed by atoms with Gasteiger partial charge in [-0.15, -0.1) is 11.3 Å². The predicted molar refractivity (Wildman–Crippen MR) is 68.8 cm³/mol. The van der Waals surface area contributed by atoms with Gasteiger partial charge in [0.1, 0.15) is 10.0 Å². The molecule has 1 N–H and O–H groups in total. The van der Waals surface area contributed by atoms with Crippen LogP contribution < -0.4 is 5.32 Å². The number of carbonyl (C=O) groups excluding carboxylic acids is 1. The van der Waals surface area contributed by atoms with E-state index in [1.807, 2.05) is 0 Å². The van der Waals surface area contributed by atoms with Gasteiger partial charge in [-0.05, 0) is 26.0 Å². The first-order valence-corrected chi connectivity index (χ1v) is 6.18. The number of aromatic nitrogens is 2. The molecule has 2 aromatic heterocycles. The van der Waals surface area contributed by atoms with Gasteiger partial charge in [-0.25, -0.2) is 9.97 Å². The van der Waals surface area contributed by atoms with Crippen LogP contribution >= 0.6 is 22.9 Å².